The molecule has 1 fully saturated rings. The minimum atomic E-state index is -0.00435. The van der Waals surface area contributed by atoms with Crippen molar-refractivity contribution in [2.24, 2.45) is 0 Å². The molecule has 21 heavy (non-hydrogen) atoms. The van der Waals surface area contributed by atoms with Crippen LogP contribution in [0.3, 0.4) is 0 Å². The first kappa shape index (κ1) is 13.1. The Hall–Kier alpha value is -1.55. The quantitative estimate of drug-likeness (QED) is 0.794. The van der Waals surface area contributed by atoms with Crippen LogP contribution in [-0.4, -0.2) is 37.5 Å². The second-order valence-corrected chi connectivity index (χ2v) is 6.62. The number of nitrogens with zero attached hydrogens (tertiary/aromatic N) is 1. The lowest BCUT2D eigenvalue weighted by Crippen LogP contribution is -2.44. The number of methoxy groups -OCH3 is 1. The van der Waals surface area contributed by atoms with Gasteiger partial charge in [-0.2, -0.15) is 0 Å². The number of rotatable bonds is 1. The summed E-state index contributed by atoms with van der Waals surface area (Å²) in [6.45, 7) is 1.99. The SMILES string of the molecule is COc1ccc2c3c1OC1CC(=O)CCC31CCN(C)C2. The lowest BCUT2D eigenvalue weighted by Gasteiger charge is -2.37. The molecule has 1 aliphatic carbocycles. The van der Waals surface area contributed by atoms with E-state index in [1.165, 1.54) is 11.1 Å². The van der Waals surface area contributed by atoms with Crippen LogP contribution in [0.1, 0.15) is 36.8 Å². The van der Waals surface area contributed by atoms with E-state index in [-0.39, 0.29) is 11.5 Å². The second kappa shape index (κ2) is 4.47. The molecule has 0 aromatic heterocycles. The van der Waals surface area contributed by atoms with Crippen molar-refractivity contribution in [2.45, 2.75) is 43.7 Å². The Morgan fingerprint density at radius 2 is 2.24 bits per heavy atom. The highest BCUT2D eigenvalue weighted by molar-refractivity contribution is 5.81. The van der Waals surface area contributed by atoms with Gasteiger partial charge in [-0.15, -0.1) is 0 Å². The fourth-order valence-corrected chi connectivity index (χ4v) is 4.34. The van der Waals surface area contributed by atoms with Crippen LogP contribution >= 0.6 is 0 Å². The molecule has 3 aliphatic rings. The van der Waals surface area contributed by atoms with Gasteiger partial charge in [0.15, 0.2) is 11.5 Å². The zero-order valence-corrected chi connectivity index (χ0v) is 12.6. The van der Waals surface area contributed by atoms with E-state index in [4.69, 9.17) is 9.47 Å². The Morgan fingerprint density at radius 1 is 1.38 bits per heavy atom. The van der Waals surface area contributed by atoms with Gasteiger partial charge < -0.3 is 14.4 Å². The third-order valence-electron chi connectivity index (χ3n) is 5.45. The number of benzene rings is 1. The zero-order chi connectivity index (χ0) is 14.6. The van der Waals surface area contributed by atoms with Crippen LogP contribution in [0, 0.1) is 0 Å². The summed E-state index contributed by atoms with van der Waals surface area (Å²) >= 11 is 0. The number of carbonyl (C=O) groups excluding carboxylic acids is 1. The van der Waals surface area contributed by atoms with Crippen molar-refractivity contribution in [3.63, 3.8) is 0 Å². The summed E-state index contributed by atoms with van der Waals surface area (Å²) in [6, 6.07) is 4.17. The van der Waals surface area contributed by atoms with E-state index in [2.05, 4.69) is 18.0 Å². The van der Waals surface area contributed by atoms with Gasteiger partial charge in [0.25, 0.3) is 0 Å². The molecule has 4 heteroatoms. The molecule has 1 saturated carbocycles. The van der Waals surface area contributed by atoms with Crippen LogP contribution < -0.4 is 9.47 Å². The van der Waals surface area contributed by atoms with Gasteiger partial charge in [-0.3, -0.25) is 4.79 Å². The van der Waals surface area contributed by atoms with E-state index >= 15 is 0 Å². The molecule has 0 N–H and O–H groups in total. The molecule has 4 nitrogen and oxygen atoms in total. The molecule has 2 heterocycles. The molecule has 4 rings (SSSR count). The number of ether oxygens (including phenoxy) is 2. The van der Waals surface area contributed by atoms with Crippen molar-refractivity contribution in [1.29, 1.82) is 0 Å². The van der Waals surface area contributed by atoms with E-state index in [9.17, 15) is 4.79 Å². The average Bonchev–Trinajstić information content (AvgIpc) is 2.72. The van der Waals surface area contributed by atoms with Crippen LogP contribution in [0.25, 0.3) is 0 Å². The molecule has 1 aromatic carbocycles. The lowest BCUT2D eigenvalue weighted by molar-refractivity contribution is -0.124. The number of ketones is 1. The summed E-state index contributed by atoms with van der Waals surface area (Å²) < 4.78 is 11.7. The molecule has 0 amide bonds. The maximum Gasteiger partial charge on any atom is 0.165 e. The monoisotopic (exact) mass is 287 g/mol. The highest BCUT2D eigenvalue weighted by Crippen LogP contribution is 2.56. The van der Waals surface area contributed by atoms with Gasteiger partial charge in [0.1, 0.15) is 11.9 Å². The Kier molecular flexibility index (Phi) is 2.80. The van der Waals surface area contributed by atoms with Crippen molar-refractivity contribution in [3.05, 3.63) is 23.3 Å². The first-order valence-electron chi connectivity index (χ1n) is 7.71. The summed E-state index contributed by atoms with van der Waals surface area (Å²) in [5.41, 5.74) is 2.67. The van der Waals surface area contributed by atoms with E-state index in [1.54, 1.807) is 7.11 Å². The van der Waals surface area contributed by atoms with Gasteiger partial charge >= 0.3 is 0 Å². The number of hydrogen-bond acceptors (Lipinski definition) is 4. The topological polar surface area (TPSA) is 38.8 Å². The van der Waals surface area contributed by atoms with Crippen molar-refractivity contribution >= 4 is 5.78 Å². The third kappa shape index (κ3) is 1.75. The van der Waals surface area contributed by atoms with Crippen molar-refractivity contribution in [2.75, 3.05) is 20.7 Å². The lowest BCUT2D eigenvalue weighted by atomic mass is 9.65. The van der Waals surface area contributed by atoms with Gasteiger partial charge in [-0.1, -0.05) is 6.07 Å². The average molecular weight is 287 g/mol. The predicted molar refractivity (Wildman–Crippen MR) is 78.9 cm³/mol. The summed E-state index contributed by atoms with van der Waals surface area (Å²) in [5.74, 6) is 2.03. The van der Waals surface area contributed by atoms with Gasteiger partial charge in [-0.05, 0) is 38.1 Å². The minimum Gasteiger partial charge on any atom is -0.493 e. The van der Waals surface area contributed by atoms with Crippen LogP contribution in [0.5, 0.6) is 11.5 Å². The van der Waals surface area contributed by atoms with Gasteiger partial charge in [0.05, 0.1) is 7.11 Å². The van der Waals surface area contributed by atoms with Crippen molar-refractivity contribution in [3.8, 4) is 11.5 Å². The maximum absolute atomic E-state index is 11.9. The van der Waals surface area contributed by atoms with Gasteiger partial charge in [0.2, 0.25) is 0 Å². The Labute approximate surface area is 125 Å². The predicted octanol–water partition coefficient (Wildman–Crippen LogP) is 2.28. The zero-order valence-electron chi connectivity index (χ0n) is 12.6. The minimum absolute atomic E-state index is 0.00435. The Bertz CT molecular complexity index is 612. The van der Waals surface area contributed by atoms with Gasteiger partial charge in [-0.25, -0.2) is 0 Å². The molecule has 0 bridgehead atoms. The van der Waals surface area contributed by atoms with Crippen LogP contribution in [0.2, 0.25) is 0 Å². The largest absolute Gasteiger partial charge is 0.493 e. The molecule has 112 valence electrons. The van der Waals surface area contributed by atoms with E-state index in [0.717, 1.165) is 37.4 Å². The molecule has 0 saturated heterocycles. The van der Waals surface area contributed by atoms with Crippen molar-refractivity contribution in [1.82, 2.24) is 4.90 Å². The highest BCUT2D eigenvalue weighted by atomic mass is 16.5. The first-order chi connectivity index (χ1) is 10.1. The van der Waals surface area contributed by atoms with Crippen LogP contribution in [-0.2, 0) is 16.8 Å². The maximum atomic E-state index is 11.9. The summed E-state index contributed by atoms with van der Waals surface area (Å²) in [6.07, 6.45) is 3.20. The summed E-state index contributed by atoms with van der Waals surface area (Å²) in [5, 5.41) is 0. The molecule has 1 spiro atoms. The number of hydrogen-bond donors (Lipinski definition) is 0. The third-order valence-corrected chi connectivity index (χ3v) is 5.45. The fourth-order valence-electron chi connectivity index (χ4n) is 4.34. The normalized spacial score (nSPS) is 31.1. The summed E-state index contributed by atoms with van der Waals surface area (Å²) in [7, 11) is 3.85. The van der Waals surface area contributed by atoms with Crippen LogP contribution in [0.4, 0.5) is 0 Å². The van der Waals surface area contributed by atoms with E-state index < -0.39 is 0 Å². The van der Waals surface area contributed by atoms with E-state index in [0.29, 0.717) is 18.6 Å². The highest BCUT2D eigenvalue weighted by Gasteiger charge is 2.54. The number of carbonyl (C=O) groups is 1. The number of Topliss-reactive ketones (excluding diaryl/α,β-unsaturated/α-hetero) is 1. The molecule has 2 unspecified atom stereocenters. The van der Waals surface area contributed by atoms with Gasteiger partial charge in [0, 0.05) is 30.4 Å². The molecular weight excluding hydrogens is 266 g/mol. The molecule has 2 aliphatic heterocycles. The molecule has 2 atom stereocenters. The molecule has 1 aromatic rings. The first-order valence-corrected chi connectivity index (χ1v) is 7.71. The Balaban J connectivity index is 1.92. The van der Waals surface area contributed by atoms with Crippen molar-refractivity contribution < 1.29 is 14.3 Å². The summed E-state index contributed by atoms with van der Waals surface area (Å²) in [4.78, 5) is 14.3. The fraction of sp³-hybridized carbons (Fsp3) is 0.588. The second-order valence-electron chi connectivity index (χ2n) is 6.62. The van der Waals surface area contributed by atoms with Crippen LogP contribution in [0.15, 0.2) is 12.1 Å². The molecular formula is C17H21NO3. The van der Waals surface area contributed by atoms with E-state index in [1.807, 2.05) is 6.07 Å². The standard InChI is InChI=1S/C17H21NO3/c1-18-8-7-17-6-5-12(19)9-14(17)21-16-13(20-2)4-3-11(10-18)15(16)17/h3-4,14H,5-10H2,1-2H3. The molecule has 0 radical (unpaired) electrons. The smallest absolute Gasteiger partial charge is 0.165 e. The Morgan fingerprint density at radius 3 is 3.05 bits per heavy atom.